The minimum absolute atomic E-state index is 0.101. The van der Waals surface area contributed by atoms with E-state index in [-0.39, 0.29) is 11.7 Å². The molecule has 27 heavy (non-hydrogen) atoms. The van der Waals surface area contributed by atoms with Crippen LogP contribution in [0, 0.1) is 0 Å². The van der Waals surface area contributed by atoms with Crippen molar-refractivity contribution in [2.45, 2.75) is 24.1 Å². The molecule has 3 rings (SSSR count). The normalized spacial score (nSPS) is 10.8. The Hall–Kier alpha value is -2.09. The summed E-state index contributed by atoms with van der Waals surface area (Å²) in [4.78, 5) is 12.0. The average Bonchev–Trinajstić information content (AvgIpc) is 3.10. The molecule has 0 aliphatic carbocycles. The summed E-state index contributed by atoms with van der Waals surface area (Å²) >= 11 is 8.61. The number of rotatable bonds is 7. The lowest BCUT2D eigenvalue weighted by molar-refractivity contribution is -0.113. The minimum Gasteiger partial charge on any atom is -0.330 e. The van der Waals surface area contributed by atoms with Crippen molar-refractivity contribution in [3.63, 3.8) is 0 Å². The van der Waals surface area contributed by atoms with Crippen molar-refractivity contribution in [3.8, 4) is 0 Å². The molecule has 0 saturated heterocycles. The lowest BCUT2D eigenvalue weighted by Gasteiger charge is -2.06. The van der Waals surface area contributed by atoms with E-state index in [4.69, 9.17) is 11.6 Å². The summed E-state index contributed by atoms with van der Waals surface area (Å²) in [7, 11) is 0. The van der Waals surface area contributed by atoms with Gasteiger partial charge in [-0.1, -0.05) is 60.7 Å². The maximum Gasteiger partial charge on any atom is 0.234 e. The van der Waals surface area contributed by atoms with Gasteiger partial charge < -0.3 is 10.6 Å². The molecule has 0 spiro atoms. The molecule has 0 fully saturated rings. The molecule has 5 nitrogen and oxygen atoms in total. The number of hydrogen-bond acceptors (Lipinski definition) is 6. The Morgan fingerprint density at radius 2 is 1.74 bits per heavy atom. The summed E-state index contributed by atoms with van der Waals surface area (Å²) in [5, 5.41) is 15.7. The van der Waals surface area contributed by atoms with Gasteiger partial charge >= 0.3 is 0 Å². The molecule has 2 N–H and O–H groups in total. The first-order valence-corrected chi connectivity index (χ1v) is 10.6. The van der Waals surface area contributed by atoms with E-state index in [2.05, 4.69) is 46.8 Å². The fraction of sp³-hybridized carbons (Fsp3) is 0.211. The maximum absolute atomic E-state index is 12.0. The van der Waals surface area contributed by atoms with Gasteiger partial charge in [-0.2, -0.15) is 0 Å². The van der Waals surface area contributed by atoms with Crippen molar-refractivity contribution in [3.05, 3.63) is 59.1 Å². The summed E-state index contributed by atoms with van der Waals surface area (Å²) in [5.74, 6) is 0.666. The number of hydrogen-bond donors (Lipinski definition) is 2. The first-order valence-electron chi connectivity index (χ1n) is 8.38. The highest BCUT2D eigenvalue weighted by atomic mass is 35.5. The van der Waals surface area contributed by atoms with Crippen LogP contribution in [0.4, 0.5) is 16.5 Å². The number of nitrogens with one attached hydrogen (secondary N) is 2. The number of carbonyl (C=O) groups is 1. The zero-order chi connectivity index (χ0) is 19.2. The third-order valence-electron chi connectivity index (χ3n) is 3.69. The van der Waals surface area contributed by atoms with E-state index in [9.17, 15) is 4.79 Å². The molecular formula is C19H19ClN4OS2. The highest BCUT2D eigenvalue weighted by Gasteiger charge is 2.09. The third kappa shape index (κ3) is 5.95. The summed E-state index contributed by atoms with van der Waals surface area (Å²) in [5.41, 5.74) is 2.97. The van der Waals surface area contributed by atoms with Gasteiger partial charge in [0.05, 0.1) is 5.75 Å². The zero-order valence-electron chi connectivity index (χ0n) is 14.9. The molecule has 1 amide bonds. The van der Waals surface area contributed by atoms with Gasteiger partial charge in [-0.25, -0.2) is 0 Å². The van der Waals surface area contributed by atoms with Gasteiger partial charge in [-0.05, 0) is 47.9 Å². The summed E-state index contributed by atoms with van der Waals surface area (Å²) in [6.07, 6.45) is 0. The van der Waals surface area contributed by atoms with E-state index in [1.54, 1.807) is 24.3 Å². The Bertz CT molecular complexity index is 895. The molecule has 1 heterocycles. The summed E-state index contributed by atoms with van der Waals surface area (Å²) < 4.78 is 0.738. The van der Waals surface area contributed by atoms with Gasteiger partial charge in [0.2, 0.25) is 11.0 Å². The molecule has 140 valence electrons. The van der Waals surface area contributed by atoms with Crippen LogP contribution in [0.15, 0.2) is 52.9 Å². The first-order chi connectivity index (χ1) is 13.0. The number of halogens is 1. The number of aromatic nitrogens is 2. The van der Waals surface area contributed by atoms with E-state index >= 15 is 0 Å². The number of nitrogens with zero attached hydrogens (tertiary/aromatic N) is 2. The standard InChI is InChI=1S/C19H19ClN4OS2/c1-12(2)13-3-7-16(8-4-13)22-18-23-24-19(27-18)26-11-17(25)21-15-9-5-14(20)6-10-15/h3-10,12H,11H2,1-2H3,(H,21,25)(H,22,23). The fourth-order valence-electron chi connectivity index (χ4n) is 2.25. The fourth-order valence-corrected chi connectivity index (χ4v) is 3.95. The van der Waals surface area contributed by atoms with Gasteiger partial charge in [-0.3, -0.25) is 4.79 Å². The number of benzene rings is 2. The van der Waals surface area contributed by atoms with Crippen LogP contribution in [0.2, 0.25) is 5.02 Å². The second kappa shape index (κ2) is 9.21. The van der Waals surface area contributed by atoms with Crippen molar-refractivity contribution >= 4 is 57.1 Å². The van der Waals surface area contributed by atoms with Gasteiger partial charge in [-0.15, -0.1) is 10.2 Å². The minimum atomic E-state index is -0.101. The zero-order valence-corrected chi connectivity index (χ0v) is 17.3. The van der Waals surface area contributed by atoms with Gasteiger partial charge in [0.25, 0.3) is 0 Å². The number of thioether (sulfide) groups is 1. The van der Waals surface area contributed by atoms with Crippen molar-refractivity contribution in [1.82, 2.24) is 10.2 Å². The smallest absolute Gasteiger partial charge is 0.234 e. The van der Waals surface area contributed by atoms with Crippen LogP contribution in [-0.2, 0) is 4.79 Å². The highest BCUT2D eigenvalue weighted by Crippen LogP contribution is 2.28. The van der Waals surface area contributed by atoms with Crippen LogP contribution >= 0.6 is 34.7 Å². The van der Waals surface area contributed by atoms with Crippen molar-refractivity contribution in [1.29, 1.82) is 0 Å². The molecule has 0 saturated carbocycles. The molecular weight excluding hydrogens is 400 g/mol. The van der Waals surface area contributed by atoms with E-state index < -0.39 is 0 Å². The molecule has 3 aromatic rings. The summed E-state index contributed by atoms with van der Waals surface area (Å²) in [6.45, 7) is 4.33. The van der Waals surface area contributed by atoms with Crippen molar-refractivity contribution < 1.29 is 4.79 Å². The molecule has 0 radical (unpaired) electrons. The Kier molecular flexibility index (Phi) is 6.71. The van der Waals surface area contributed by atoms with Gasteiger partial charge in [0, 0.05) is 16.4 Å². The third-order valence-corrected chi connectivity index (χ3v) is 5.91. The van der Waals surface area contributed by atoms with Crippen LogP contribution in [0.5, 0.6) is 0 Å². The van der Waals surface area contributed by atoms with Crippen LogP contribution in [0.25, 0.3) is 0 Å². The highest BCUT2D eigenvalue weighted by molar-refractivity contribution is 8.01. The predicted octanol–water partition coefficient (Wildman–Crippen LogP) is 5.79. The largest absolute Gasteiger partial charge is 0.330 e. The Balaban J connectivity index is 1.50. The number of anilines is 3. The van der Waals surface area contributed by atoms with Crippen LogP contribution in [-0.4, -0.2) is 21.9 Å². The van der Waals surface area contributed by atoms with E-state index in [1.807, 2.05) is 12.1 Å². The summed E-state index contributed by atoms with van der Waals surface area (Å²) in [6, 6.07) is 15.3. The quantitative estimate of drug-likeness (QED) is 0.475. The molecule has 8 heteroatoms. The lowest BCUT2D eigenvalue weighted by Crippen LogP contribution is -2.13. The second-order valence-electron chi connectivity index (χ2n) is 6.12. The number of amides is 1. The Morgan fingerprint density at radius 3 is 2.41 bits per heavy atom. The van der Waals surface area contributed by atoms with E-state index in [0.717, 1.165) is 15.7 Å². The molecule has 0 unspecified atom stereocenters. The lowest BCUT2D eigenvalue weighted by atomic mass is 10.0. The van der Waals surface area contributed by atoms with Crippen LogP contribution in [0.1, 0.15) is 25.3 Å². The molecule has 0 atom stereocenters. The Labute approximate surface area is 171 Å². The molecule has 1 aromatic heterocycles. The maximum atomic E-state index is 12.0. The predicted molar refractivity (Wildman–Crippen MR) is 115 cm³/mol. The van der Waals surface area contributed by atoms with Crippen molar-refractivity contribution in [2.24, 2.45) is 0 Å². The van der Waals surface area contributed by atoms with Gasteiger partial charge in [0.15, 0.2) is 4.34 Å². The number of carbonyl (C=O) groups excluding carboxylic acids is 1. The van der Waals surface area contributed by atoms with E-state index in [0.29, 0.717) is 16.1 Å². The van der Waals surface area contributed by atoms with Crippen LogP contribution < -0.4 is 10.6 Å². The Morgan fingerprint density at radius 1 is 1.07 bits per heavy atom. The van der Waals surface area contributed by atoms with Crippen LogP contribution in [0.3, 0.4) is 0 Å². The van der Waals surface area contributed by atoms with E-state index in [1.165, 1.54) is 28.7 Å². The molecule has 2 aromatic carbocycles. The first kappa shape index (κ1) is 19.7. The average molecular weight is 419 g/mol. The topological polar surface area (TPSA) is 66.9 Å². The van der Waals surface area contributed by atoms with Gasteiger partial charge in [0.1, 0.15) is 0 Å². The molecule has 0 aliphatic heterocycles. The molecule has 0 bridgehead atoms. The molecule has 0 aliphatic rings. The second-order valence-corrected chi connectivity index (χ2v) is 8.75. The van der Waals surface area contributed by atoms with Crippen molar-refractivity contribution in [2.75, 3.05) is 16.4 Å². The monoisotopic (exact) mass is 418 g/mol. The SMILES string of the molecule is CC(C)c1ccc(Nc2nnc(SCC(=O)Nc3ccc(Cl)cc3)s2)cc1.